The highest BCUT2D eigenvalue weighted by atomic mass is 16.6. The third-order valence-electron chi connectivity index (χ3n) is 3.25. The van der Waals surface area contributed by atoms with E-state index in [9.17, 15) is 9.59 Å². The second kappa shape index (κ2) is 3.75. The van der Waals surface area contributed by atoms with Crippen LogP contribution in [0.25, 0.3) is 0 Å². The first kappa shape index (κ1) is 11.4. The summed E-state index contributed by atoms with van der Waals surface area (Å²) in [5.41, 5.74) is -0.489. The smallest absolute Gasteiger partial charge is 0.410 e. The van der Waals surface area contributed by atoms with E-state index in [1.165, 1.54) is 0 Å². The number of nitrogens with zero attached hydrogens (tertiary/aromatic N) is 1. The molecule has 0 unspecified atom stereocenters. The van der Waals surface area contributed by atoms with Crippen LogP contribution in [0.15, 0.2) is 0 Å². The van der Waals surface area contributed by atoms with Crippen LogP contribution in [0, 0.1) is 5.92 Å². The van der Waals surface area contributed by atoms with Crippen molar-refractivity contribution in [2.24, 2.45) is 5.92 Å². The van der Waals surface area contributed by atoms with Crippen LogP contribution in [-0.4, -0.2) is 35.0 Å². The summed E-state index contributed by atoms with van der Waals surface area (Å²) in [7, 11) is 0. The molecule has 0 spiro atoms. The van der Waals surface area contributed by atoms with Gasteiger partial charge in [0.15, 0.2) is 5.78 Å². The molecular weight excluding hydrogens is 206 g/mol. The fraction of sp³-hybridized carbons (Fsp3) is 0.833. The predicted molar refractivity (Wildman–Crippen MR) is 59.1 cm³/mol. The molecule has 4 nitrogen and oxygen atoms in total. The van der Waals surface area contributed by atoms with Gasteiger partial charge in [-0.05, 0) is 33.6 Å². The van der Waals surface area contributed by atoms with Gasteiger partial charge in [0, 0.05) is 12.0 Å². The van der Waals surface area contributed by atoms with Crippen LogP contribution in [0.2, 0.25) is 0 Å². The lowest BCUT2D eigenvalue weighted by molar-refractivity contribution is -0.119. The van der Waals surface area contributed by atoms with Gasteiger partial charge in [-0.25, -0.2) is 4.79 Å². The quantitative estimate of drug-likeness (QED) is 0.633. The average Bonchev–Trinajstić information content (AvgIpc) is 2.66. The van der Waals surface area contributed by atoms with Crippen molar-refractivity contribution >= 4 is 11.9 Å². The number of hydrogen-bond donors (Lipinski definition) is 0. The van der Waals surface area contributed by atoms with Crippen LogP contribution in [0.3, 0.4) is 0 Å². The Balaban J connectivity index is 2.05. The van der Waals surface area contributed by atoms with Gasteiger partial charge in [0.05, 0.1) is 6.54 Å². The molecular formula is C12H19NO3. The molecule has 0 radical (unpaired) electrons. The van der Waals surface area contributed by atoms with Crippen molar-refractivity contribution < 1.29 is 14.3 Å². The third-order valence-corrected chi connectivity index (χ3v) is 3.25. The minimum atomic E-state index is -0.489. The number of hydrogen-bond acceptors (Lipinski definition) is 3. The number of carbonyl (C=O) groups excluding carboxylic acids is 2. The molecule has 16 heavy (non-hydrogen) atoms. The summed E-state index contributed by atoms with van der Waals surface area (Å²) in [6.45, 7) is 5.77. The Kier molecular flexibility index (Phi) is 2.68. The van der Waals surface area contributed by atoms with Crippen molar-refractivity contribution in [1.82, 2.24) is 4.90 Å². The standard InChI is InChI=1S/C12H19NO3/c1-12(2,3)16-11(15)13-7-10(14)8-5-4-6-9(8)13/h8-9H,4-7H2,1-3H3/t8-,9+/m1/s1. The first-order valence-electron chi connectivity index (χ1n) is 5.91. The normalized spacial score (nSPS) is 29.4. The number of carbonyl (C=O) groups is 2. The lowest BCUT2D eigenvalue weighted by Crippen LogP contribution is -2.40. The second-order valence-electron chi connectivity index (χ2n) is 5.68. The van der Waals surface area contributed by atoms with Gasteiger partial charge in [-0.2, -0.15) is 0 Å². The average molecular weight is 225 g/mol. The van der Waals surface area contributed by atoms with E-state index in [4.69, 9.17) is 4.74 Å². The Morgan fingerprint density at radius 1 is 1.38 bits per heavy atom. The fourth-order valence-electron chi connectivity index (χ4n) is 2.61. The maximum Gasteiger partial charge on any atom is 0.410 e. The highest BCUT2D eigenvalue weighted by Crippen LogP contribution is 2.36. The zero-order valence-electron chi connectivity index (χ0n) is 10.2. The Labute approximate surface area is 95.9 Å². The molecule has 1 amide bonds. The van der Waals surface area contributed by atoms with Crippen LogP contribution in [0.1, 0.15) is 40.0 Å². The molecule has 0 N–H and O–H groups in total. The molecule has 0 aromatic heterocycles. The van der Waals surface area contributed by atoms with Crippen molar-refractivity contribution in [2.45, 2.75) is 51.7 Å². The monoisotopic (exact) mass is 225 g/mol. The Morgan fingerprint density at radius 3 is 2.69 bits per heavy atom. The molecule has 1 heterocycles. The number of likely N-dealkylation sites (tertiary alicyclic amines) is 1. The van der Waals surface area contributed by atoms with Crippen LogP contribution < -0.4 is 0 Å². The van der Waals surface area contributed by atoms with E-state index in [2.05, 4.69) is 0 Å². The zero-order valence-corrected chi connectivity index (χ0v) is 10.2. The topological polar surface area (TPSA) is 46.6 Å². The molecule has 90 valence electrons. The van der Waals surface area contributed by atoms with Crippen molar-refractivity contribution in [3.05, 3.63) is 0 Å². The molecule has 2 fully saturated rings. The molecule has 2 rings (SSSR count). The first-order chi connectivity index (χ1) is 7.38. The number of rotatable bonds is 0. The first-order valence-corrected chi connectivity index (χ1v) is 5.91. The predicted octanol–water partition coefficient (Wildman–Crippen LogP) is 1.97. The van der Waals surface area contributed by atoms with E-state index in [-0.39, 0.29) is 30.4 Å². The van der Waals surface area contributed by atoms with Gasteiger partial charge in [0.2, 0.25) is 0 Å². The third kappa shape index (κ3) is 2.06. The van der Waals surface area contributed by atoms with Gasteiger partial charge >= 0.3 is 6.09 Å². The van der Waals surface area contributed by atoms with Gasteiger partial charge in [0.25, 0.3) is 0 Å². The summed E-state index contributed by atoms with van der Waals surface area (Å²) in [5.74, 6) is 0.279. The molecule has 4 heteroatoms. The van der Waals surface area contributed by atoms with E-state index < -0.39 is 5.60 Å². The van der Waals surface area contributed by atoms with Crippen molar-refractivity contribution in [3.63, 3.8) is 0 Å². The molecule has 0 aromatic rings. The fourth-order valence-corrected chi connectivity index (χ4v) is 2.61. The Bertz CT molecular complexity index is 319. The van der Waals surface area contributed by atoms with E-state index in [0.717, 1.165) is 19.3 Å². The van der Waals surface area contributed by atoms with Crippen LogP contribution in [0.4, 0.5) is 4.79 Å². The number of ketones is 1. The van der Waals surface area contributed by atoms with Crippen molar-refractivity contribution in [2.75, 3.05) is 6.54 Å². The molecule has 1 saturated carbocycles. The molecule has 0 bridgehead atoms. The van der Waals surface area contributed by atoms with Gasteiger partial charge in [-0.15, -0.1) is 0 Å². The summed E-state index contributed by atoms with van der Waals surface area (Å²) in [5, 5.41) is 0. The van der Waals surface area contributed by atoms with Gasteiger partial charge in [0.1, 0.15) is 5.60 Å². The van der Waals surface area contributed by atoms with Gasteiger partial charge in [-0.3, -0.25) is 9.69 Å². The molecule has 0 aromatic carbocycles. The zero-order chi connectivity index (χ0) is 11.9. The van der Waals surface area contributed by atoms with Crippen molar-refractivity contribution in [1.29, 1.82) is 0 Å². The summed E-state index contributed by atoms with van der Waals surface area (Å²) < 4.78 is 5.31. The number of ether oxygens (including phenoxy) is 1. The van der Waals surface area contributed by atoms with E-state index >= 15 is 0 Å². The minimum absolute atomic E-state index is 0.0764. The van der Waals surface area contributed by atoms with E-state index in [1.54, 1.807) is 4.90 Å². The van der Waals surface area contributed by atoms with Gasteiger partial charge in [-0.1, -0.05) is 6.42 Å². The van der Waals surface area contributed by atoms with Crippen LogP contribution in [0.5, 0.6) is 0 Å². The molecule has 1 aliphatic carbocycles. The molecule has 2 aliphatic rings. The highest BCUT2D eigenvalue weighted by molar-refractivity contribution is 5.90. The summed E-state index contributed by atoms with van der Waals surface area (Å²) in [6.07, 6.45) is 2.58. The Hall–Kier alpha value is -1.06. The number of fused-ring (bicyclic) bond motifs is 1. The largest absolute Gasteiger partial charge is 0.444 e. The molecule has 1 saturated heterocycles. The Morgan fingerprint density at radius 2 is 2.06 bits per heavy atom. The second-order valence-corrected chi connectivity index (χ2v) is 5.68. The highest BCUT2D eigenvalue weighted by Gasteiger charge is 2.46. The molecule has 2 atom stereocenters. The number of amides is 1. The lowest BCUT2D eigenvalue weighted by atomic mass is 10.0. The lowest BCUT2D eigenvalue weighted by Gasteiger charge is -2.27. The van der Waals surface area contributed by atoms with Crippen LogP contribution in [-0.2, 0) is 9.53 Å². The summed E-state index contributed by atoms with van der Waals surface area (Å²) >= 11 is 0. The van der Waals surface area contributed by atoms with Gasteiger partial charge < -0.3 is 4.74 Å². The van der Waals surface area contributed by atoms with Crippen LogP contribution >= 0.6 is 0 Å². The summed E-state index contributed by atoms with van der Waals surface area (Å²) in [4.78, 5) is 25.2. The minimum Gasteiger partial charge on any atom is -0.444 e. The van der Waals surface area contributed by atoms with E-state index in [0.29, 0.717) is 0 Å². The van der Waals surface area contributed by atoms with Crippen molar-refractivity contribution in [3.8, 4) is 0 Å². The van der Waals surface area contributed by atoms with E-state index in [1.807, 2.05) is 20.8 Å². The number of Topliss-reactive ketones (excluding diaryl/α,β-unsaturated/α-hetero) is 1. The molecule has 1 aliphatic heterocycles. The maximum absolute atomic E-state index is 11.9. The SMILES string of the molecule is CC(C)(C)OC(=O)N1CC(=O)[C@@H]2CCC[C@@H]21. The maximum atomic E-state index is 11.9. The summed E-state index contributed by atoms with van der Waals surface area (Å²) in [6, 6.07) is 0.0994.